The monoisotopic (exact) mass is 427 g/mol. The fourth-order valence-corrected chi connectivity index (χ4v) is 5.21. The molecule has 0 amide bonds. The first kappa shape index (κ1) is 15.7. The van der Waals surface area contributed by atoms with Crippen molar-refractivity contribution in [2.75, 3.05) is 6.54 Å². The van der Waals surface area contributed by atoms with Gasteiger partial charge in [0, 0.05) is 15.4 Å². The molecule has 1 aromatic carbocycles. The fraction of sp³-hybridized carbons (Fsp3) is 0.412. The highest BCUT2D eigenvalue weighted by molar-refractivity contribution is 9.13. The van der Waals surface area contributed by atoms with Gasteiger partial charge in [-0.1, -0.05) is 25.1 Å². The van der Waals surface area contributed by atoms with Crippen LogP contribution in [0.3, 0.4) is 0 Å². The molecule has 0 fully saturated rings. The maximum atomic E-state index is 3.62. The molecule has 1 aliphatic carbocycles. The molecule has 0 saturated heterocycles. The van der Waals surface area contributed by atoms with Crippen LogP contribution in [0.2, 0.25) is 0 Å². The lowest BCUT2D eigenvalue weighted by Gasteiger charge is -2.17. The molecule has 3 rings (SSSR count). The summed E-state index contributed by atoms with van der Waals surface area (Å²) in [4.78, 5) is 1.39. The summed E-state index contributed by atoms with van der Waals surface area (Å²) < 4.78 is 2.33. The normalized spacial score (nSPS) is 15.2. The molecule has 1 aliphatic rings. The predicted octanol–water partition coefficient (Wildman–Crippen LogP) is 5.66. The van der Waals surface area contributed by atoms with Gasteiger partial charge >= 0.3 is 0 Å². The summed E-state index contributed by atoms with van der Waals surface area (Å²) >= 11 is 9.02. The lowest BCUT2D eigenvalue weighted by atomic mass is 10.00. The first-order valence-electron chi connectivity index (χ1n) is 7.46. The van der Waals surface area contributed by atoms with E-state index in [4.69, 9.17) is 0 Å². The summed E-state index contributed by atoms with van der Waals surface area (Å²) in [5, 5.41) is 3.62. The quantitative estimate of drug-likeness (QED) is 0.648. The Morgan fingerprint density at radius 1 is 1.19 bits per heavy atom. The third-order valence-corrected chi connectivity index (χ3v) is 7.43. The van der Waals surface area contributed by atoms with E-state index in [1.807, 2.05) is 11.3 Å². The van der Waals surface area contributed by atoms with Crippen LogP contribution in [0.5, 0.6) is 0 Å². The van der Waals surface area contributed by atoms with Gasteiger partial charge in [-0.3, -0.25) is 0 Å². The molecule has 1 aromatic heterocycles. The average molecular weight is 429 g/mol. The van der Waals surface area contributed by atoms with Gasteiger partial charge < -0.3 is 5.32 Å². The van der Waals surface area contributed by atoms with Crippen LogP contribution in [0.15, 0.2) is 32.5 Å². The summed E-state index contributed by atoms with van der Waals surface area (Å²) in [5.41, 5.74) is 4.57. The van der Waals surface area contributed by atoms with Crippen LogP contribution >= 0.6 is 43.2 Å². The standard InChI is InChI=1S/C17H19Br2NS/c1-2-20-15(16-10-14(18)17(19)21-16)9-11-6-7-12-4-3-5-13(12)8-11/h6-8,10,15,20H,2-5,9H2,1H3. The van der Waals surface area contributed by atoms with Crippen molar-refractivity contribution in [3.63, 3.8) is 0 Å². The number of likely N-dealkylation sites (N-methyl/N-ethyl adjacent to an activating group) is 1. The van der Waals surface area contributed by atoms with Crippen LogP contribution in [0.1, 0.15) is 41.0 Å². The maximum absolute atomic E-state index is 3.62. The Balaban J connectivity index is 1.81. The van der Waals surface area contributed by atoms with Crippen LogP contribution in [0, 0.1) is 0 Å². The van der Waals surface area contributed by atoms with Crippen molar-refractivity contribution >= 4 is 43.2 Å². The van der Waals surface area contributed by atoms with Gasteiger partial charge in [-0.15, -0.1) is 11.3 Å². The minimum Gasteiger partial charge on any atom is -0.309 e. The lowest BCUT2D eigenvalue weighted by Crippen LogP contribution is -2.22. The molecule has 0 saturated carbocycles. The first-order chi connectivity index (χ1) is 10.2. The molecule has 21 heavy (non-hydrogen) atoms. The van der Waals surface area contributed by atoms with Crippen molar-refractivity contribution in [3.8, 4) is 0 Å². The van der Waals surface area contributed by atoms with Gasteiger partial charge in [0.2, 0.25) is 0 Å². The van der Waals surface area contributed by atoms with Crippen LogP contribution in [0.4, 0.5) is 0 Å². The molecule has 1 unspecified atom stereocenters. The predicted molar refractivity (Wildman–Crippen MR) is 98.3 cm³/mol. The molecule has 0 aliphatic heterocycles. The van der Waals surface area contributed by atoms with E-state index in [0.29, 0.717) is 6.04 Å². The Bertz CT molecular complexity index is 616. The van der Waals surface area contributed by atoms with Crippen LogP contribution in [-0.4, -0.2) is 6.54 Å². The van der Waals surface area contributed by atoms with E-state index in [1.165, 1.54) is 33.5 Å². The van der Waals surface area contributed by atoms with E-state index < -0.39 is 0 Å². The van der Waals surface area contributed by atoms with Crippen molar-refractivity contribution in [1.29, 1.82) is 0 Å². The summed E-state index contributed by atoms with van der Waals surface area (Å²) in [6.45, 7) is 3.16. The van der Waals surface area contributed by atoms with E-state index in [1.54, 1.807) is 11.1 Å². The van der Waals surface area contributed by atoms with Gasteiger partial charge in [0.25, 0.3) is 0 Å². The number of rotatable bonds is 5. The summed E-state index contributed by atoms with van der Waals surface area (Å²) in [7, 11) is 0. The highest BCUT2D eigenvalue weighted by Crippen LogP contribution is 2.36. The summed E-state index contributed by atoms with van der Waals surface area (Å²) in [6, 6.07) is 9.69. The third kappa shape index (κ3) is 3.61. The number of nitrogens with one attached hydrogen (secondary N) is 1. The number of fused-ring (bicyclic) bond motifs is 1. The topological polar surface area (TPSA) is 12.0 Å². The lowest BCUT2D eigenvalue weighted by molar-refractivity contribution is 0.558. The minimum absolute atomic E-state index is 0.391. The number of hydrogen-bond donors (Lipinski definition) is 1. The Morgan fingerprint density at radius 3 is 2.71 bits per heavy atom. The van der Waals surface area contributed by atoms with Gasteiger partial charge in [-0.25, -0.2) is 0 Å². The van der Waals surface area contributed by atoms with E-state index in [9.17, 15) is 0 Å². The van der Waals surface area contributed by atoms with Crippen molar-refractivity contribution < 1.29 is 0 Å². The molecule has 2 aromatic rings. The van der Waals surface area contributed by atoms with E-state index >= 15 is 0 Å². The largest absolute Gasteiger partial charge is 0.309 e. The number of halogens is 2. The van der Waals surface area contributed by atoms with E-state index in [2.05, 4.69) is 68.4 Å². The number of aryl methyl sites for hydroxylation is 2. The molecule has 1 nitrogen and oxygen atoms in total. The minimum atomic E-state index is 0.391. The molecule has 112 valence electrons. The molecule has 4 heteroatoms. The molecule has 1 N–H and O–H groups in total. The highest BCUT2D eigenvalue weighted by Gasteiger charge is 2.17. The third-order valence-electron chi connectivity index (χ3n) is 4.06. The molecule has 1 heterocycles. The van der Waals surface area contributed by atoms with E-state index in [0.717, 1.165) is 17.4 Å². The zero-order valence-corrected chi connectivity index (χ0v) is 16.1. The molecular weight excluding hydrogens is 410 g/mol. The van der Waals surface area contributed by atoms with Crippen LogP contribution in [-0.2, 0) is 19.3 Å². The highest BCUT2D eigenvalue weighted by atomic mass is 79.9. The van der Waals surface area contributed by atoms with Crippen LogP contribution < -0.4 is 5.32 Å². The Hall–Kier alpha value is -0.160. The van der Waals surface area contributed by atoms with Gasteiger partial charge in [-0.2, -0.15) is 0 Å². The average Bonchev–Trinajstić information content (AvgIpc) is 3.05. The first-order valence-corrected chi connectivity index (χ1v) is 9.86. The Labute approximate surface area is 147 Å². The number of hydrogen-bond acceptors (Lipinski definition) is 2. The van der Waals surface area contributed by atoms with Crippen molar-refractivity contribution in [1.82, 2.24) is 5.32 Å². The molecule has 0 radical (unpaired) electrons. The van der Waals surface area contributed by atoms with Gasteiger partial charge in [0.1, 0.15) is 0 Å². The second-order valence-electron chi connectivity index (χ2n) is 5.54. The van der Waals surface area contributed by atoms with E-state index in [-0.39, 0.29) is 0 Å². The van der Waals surface area contributed by atoms with Crippen molar-refractivity contribution in [2.45, 2.75) is 38.6 Å². The summed E-state index contributed by atoms with van der Waals surface area (Å²) in [6.07, 6.45) is 4.89. The number of thiophene rings is 1. The van der Waals surface area contributed by atoms with Gasteiger partial charge in [-0.05, 0) is 86.8 Å². The molecule has 0 bridgehead atoms. The van der Waals surface area contributed by atoms with Crippen molar-refractivity contribution in [2.24, 2.45) is 0 Å². The van der Waals surface area contributed by atoms with Gasteiger partial charge in [0.15, 0.2) is 0 Å². The second-order valence-corrected chi connectivity index (χ2v) is 8.80. The SMILES string of the molecule is CCNC(Cc1ccc2c(c1)CCC2)c1cc(Br)c(Br)s1. The Kier molecular flexibility index (Phi) is 5.20. The van der Waals surface area contributed by atoms with Crippen molar-refractivity contribution in [3.05, 3.63) is 54.1 Å². The van der Waals surface area contributed by atoms with Gasteiger partial charge in [0.05, 0.1) is 3.79 Å². The fourth-order valence-electron chi connectivity index (χ4n) is 3.04. The molecule has 1 atom stereocenters. The Morgan fingerprint density at radius 2 is 2.00 bits per heavy atom. The maximum Gasteiger partial charge on any atom is 0.0843 e. The smallest absolute Gasteiger partial charge is 0.0843 e. The molecule has 0 spiro atoms. The molecular formula is C17H19Br2NS. The van der Waals surface area contributed by atoms with Crippen LogP contribution in [0.25, 0.3) is 0 Å². The zero-order chi connectivity index (χ0) is 14.8. The zero-order valence-electron chi connectivity index (χ0n) is 12.1. The number of benzene rings is 1. The second kappa shape index (κ2) is 6.95. The summed E-state index contributed by atoms with van der Waals surface area (Å²) in [5.74, 6) is 0.